The maximum atomic E-state index is 12.7. The van der Waals surface area contributed by atoms with E-state index in [-0.39, 0.29) is 31.0 Å². The third kappa shape index (κ3) is 10.4. The van der Waals surface area contributed by atoms with Gasteiger partial charge in [-0.3, -0.25) is 4.79 Å². The zero-order chi connectivity index (χ0) is 34.6. The van der Waals surface area contributed by atoms with Crippen molar-refractivity contribution in [3.63, 3.8) is 0 Å². The average Bonchev–Trinajstić information content (AvgIpc) is 3.37. The Morgan fingerprint density at radius 1 is 0.936 bits per heavy atom. The summed E-state index contributed by atoms with van der Waals surface area (Å²) in [6, 6.07) is 20.0. The number of amides is 1. The second-order valence-corrected chi connectivity index (χ2v) is 14.5. The minimum absolute atomic E-state index is 0.122. The van der Waals surface area contributed by atoms with Gasteiger partial charge in [-0.05, 0) is 95.5 Å². The van der Waals surface area contributed by atoms with Crippen LogP contribution in [-0.2, 0) is 39.3 Å². The number of ether oxygens (including phenoxy) is 2. The van der Waals surface area contributed by atoms with Crippen LogP contribution in [0.5, 0.6) is 5.75 Å². The Bertz CT molecular complexity index is 1910. The molecule has 0 unspecified atom stereocenters. The first kappa shape index (κ1) is 35.2. The van der Waals surface area contributed by atoms with Crippen LogP contribution in [0, 0.1) is 0 Å². The van der Waals surface area contributed by atoms with Gasteiger partial charge in [0.15, 0.2) is 0 Å². The average molecular weight is 664 g/mol. The Kier molecular flexibility index (Phi) is 10.5. The van der Waals surface area contributed by atoms with Crippen LogP contribution in [0.15, 0.2) is 75.5 Å². The first-order valence-electron chi connectivity index (χ1n) is 15.0. The summed E-state index contributed by atoms with van der Waals surface area (Å²) in [6.07, 6.45) is -0.713. The molecule has 3 aromatic carbocycles. The molecule has 0 aliphatic rings. The third-order valence-corrected chi connectivity index (χ3v) is 7.89. The number of carboxylic acids is 1. The number of hydrogen-bond donors (Lipinski definition) is 3. The highest BCUT2D eigenvalue weighted by atomic mass is 32.2. The molecule has 0 aliphatic carbocycles. The van der Waals surface area contributed by atoms with Crippen molar-refractivity contribution in [3.05, 3.63) is 89.2 Å². The van der Waals surface area contributed by atoms with E-state index in [1.54, 1.807) is 78.8 Å². The maximum absolute atomic E-state index is 12.7. The molecule has 4 rings (SSSR count). The van der Waals surface area contributed by atoms with E-state index in [1.807, 2.05) is 36.4 Å². The summed E-state index contributed by atoms with van der Waals surface area (Å²) in [7, 11) is -4.01. The Balaban J connectivity index is 1.74. The molecule has 47 heavy (non-hydrogen) atoms. The highest BCUT2D eigenvalue weighted by Gasteiger charge is 2.21. The summed E-state index contributed by atoms with van der Waals surface area (Å²) in [5.74, 6) is -0.235. The molecule has 1 amide bonds. The van der Waals surface area contributed by atoms with Gasteiger partial charge in [0.25, 0.3) is 0 Å². The van der Waals surface area contributed by atoms with Crippen molar-refractivity contribution >= 4 is 39.0 Å². The van der Waals surface area contributed by atoms with Crippen LogP contribution in [-0.4, -0.2) is 42.4 Å². The zero-order valence-electron chi connectivity index (χ0n) is 27.6. The zero-order valence-corrected chi connectivity index (χ0v) is 28.4. The highest BCUT2D eigenvalue weighted by molar-refractivity contribution is 7.88. The molecule has 1 heterocycles. The van der Waals surface area contributed by atoms with E-state index in [9.17, 15) is 23.1 Å². The molecule has 0 saturated carbocycles. The van der Waals surface area contributed by atoms with E-state index in [2.05, 4.69) is 14.4 Å². The number of carboxylic acid groups (broad SMARTS) is 1. The lowest BCUT2D eigenvalue weighted by Gasteiger charge is -2.19. The van der Waals surface area contributed by atoms with Crippen LogP contribution >= 0.6 is 0 Å². The summed E-state index contributed by atoms with van der Waals surface area (Å²) >= 11 is 0. The van der Waals surface area contributed by atoms with Gasteiger partial charge in [0, 0.05) is 28.6 Å². The van der Waals surface area contributed by atoms with Gasteiger partial charge in [-0.2, -0.15) is 17.5 Å². The lowest BCUT2D eigenvalue weighted by atomic mass is 9.99. The van der Waals surface area contributed by atoms with Gasteiger partial charge in [0.2, 0.25) is 0 Å². The number of furan rings is 1. The number of nitrogens with one attached hydrogen (secondary N) is 2. The number of carbonyl (C=O) groups is 2. The van der Waals surface area contributed by atoms with Crippen LogP contribution in [0.25, 0.3) is 22.1 Å². The Labute approximate surface area is 275 Å². The lowest BCUT2D eigenvalue weighted by Crippen LogP contribution is -2.39. The van der Waals surface area contributed by atoms with Gasteiger partial charge in [-0.25, -0.2) is 4.79 Å². The van der Waals surface area contributed by atoms with Gasteiger partial charge in [-0.15, -0.1) is 0 Å². The summed E-state index contributed by atoms with van der Waals surface area (Å²) < 4.78 is 49.5. The monoisotopic (exact) mass is 663 g/mol. The number of rotatable bonds is 11. The molecule has 0 aliphatic heterocycles. The Morgan fingerprint density at radius 2 is 1.66 bits per heavy atom. The van der Waals surface area contributed by atoms with E-state index in [0.29, 0.717) is 27.8 Å². The van der Waals surface area contributed by atoms with E-state index in [4.69, 9.17) is 13.9 Å². The summed E-state index contributed by atoms with van der Waals surface area (Å²) in [6.45, 7) is 12.5. The molecule has 250 valence electrons. The second-order valence-electron chi connectivity index (χ2n) is 13.2. The van der Waals surface area contributed by atoms with Crippen molar-refractivity contribution in [2.24, 2.45) is 4.40 Å². The number of aliphatic carboxylic acids is 1. The van der Waals surface area contributed by atoms with Gasteiger partial charge in [-0.1, -0.05) is 36.4 Å². The quantitative estimate of drug-likeness (QED) is 0.148. The van der Waals surface area contributed by atoms with Crippen LogP contribution in [0.3, 0.4) is 0 Å². The summed E-state index contributed by atoms with van der Waals surface area (Å²) in [4.78, 5) is 23.6. The van der Waals surface area contributed by atoms with Gasteiger partial charge in [0.1, 0.15) is 29.3 Å². The molecule has 0 fully saturated rings. The minimum Gasteiger partial charge on any atom is -0.489 e. The molecule has 4 aromatic rings. The maximum Gasteiger partial charge on any atom is 0.407 e. The first-order chi connectivity index (χ1) is 21.9. The molecule has 12 heteroatoms. The van der Waals surface area contributed by atoms with E-state index in [0.717, 1.165) is 16.7 Å². The standard InChI is InChI=1S/C35H41N3O8S/c1-22(37-47(42,43)38-34(2,3)4)30-18-27-16-24(21-44-29-14-9-8-12-26(29)19-31(39)40)17-28(32(27)45-30)25-13-10-11-23(15-25)20-36-33(41)46-35(5,6)7/h8-18,38H,19-21H2,1-7H3,(H,36,41)(H,39,40). The fourth-order valence-corrected chi connectivity index (χ4v) is 6.05. The Morgan fingerprint density at radius 3 is 2.34 bits per heavy atom. The SMILES string of the molecule is CC(=NS(=O)(=O)NC(C)(C)C)c1cc2cc(COc3ccccc3CC(=O)O)cc(-c3cccc(CNC(=O)OC(C)(C)C)c3)c2o1. The number of fused-ring (bicyclic) bond motifs is 1. The third-order valence-electron chi connectivity index (χ3n) is 6.51. The number of para-hydroxylation sites is 1. The van der Waals surface area contributed by atoms with Gasteiger partial charge in [0.05, 0.1) is 12.1 Å². The fourth-order valence-electron chi connectivity index (χ4n) is 4.78. The normalized spacial score (nSPS) is 12.6. The van der Waals surface area contributed by atoms with Crippen LogP contribution in [0.2, 0.25) is 0 Å². The molecule has 1 aromatic heterocycles. The van der Waals surface area contributed by atoms with Gasteiger partial charge < -0.3 is 24.3 Å². The minimum atomic E-state index is -4.01. The van der Waals surface area contributed by atoms with E-state index < -0.39 is 33.4 Å². The topological polar surface area (TPSA) is 157 Å². The smallest absolute Gasteiger partial charge is 0.407 e. The fraction of sp³-hybridized carbons (Fsp3) is 0.343. The summed E-state index contributed by atoms with van der Waals surface area (Å²) in [5.41, 5.74) is 2.93. The van der Waals surface area contributed by atoms with Crippen LogP contribution < -0.4 is 14.8 Å². The lowest BCUT2D eigenvalue weighted by molar-refractivity contribution is -0.136. The predicted molar refractivity (Wildman–Crippen MR) is 181 cm³/mol. The number of carbonyl (C=O) groups excluding carboxylic acids is 1. The highest BCUT2D eigenvalue weighted by Crippen LogP contribution is 2.34. The second kappa shape index (κ2) is 14.0. The van der Waals surface area contributed by atoms with E-state index >= 15 is 0 Å². The van der Waals surface area contributed by atoms with Crippen LogP contribution in [0.1, 0.15) is 70.9 Å². The molecule has 0 saturated heterocycles. The van der Waals surface area contributed by atoms with Crippen molar-refractivity contribution in [3.8, 4) is 16.9 Å². The molecule has 3 N–H and O–H groups in total. The van der Waals surface area contributed by atoms with Crippen molar-refractivity contribution in [1.29, 1.82) is 0 Å². The van der Waals surface area contributed by atoms with Gasteiger partial charge >= 0.3 is 22.3 Å². The molecule has 0 bridgehead atoms. The van der Waals surface area contributed by atoms with Crippen LogP contribution in [0.4, 0.5) is 4.79 Å². The van der Waals surface area contributed by atoms with Crippen molar-refractivity contribution in [2.45, 2.75) is 79.2 Å². The molecular formula is C35H41N3O8S. The number of hydrogen-bond acceptors (Lipinski definition) is 7. The molecule has 0 radical (unpaired) electrons. The number of nitrogens with zero attached hydrogens (tertiary/aromatic N) is 1. The number of alkyl carbamates (subject to hydrolysis) is 1. The largest absolute Gasteiger partial charge is 0.489 e. The van der Waals surface area contributed by atoms with Crippen molar-refractivity contribution in [1.82, 2.24) is 10.0 Å². The van der Waals surface area contributed by atoms with Crippen molar-refractivity contribution < 1.29 is 37.0 Å². The molecule has 11 nitrogen and oxygen atoms in total. The first-order valence-corrected chi connectivity index (χ1v) is 16.5. The summed E-state index contributed by atoms with van der Waals surface area (Å²) in [5, 5.41) is 12.8. The molecule has 0 spiro atoms. The predicted octanol–water partition coefficient (Wildman–Crippen LogP) is 6.77. The Hall–Kier alpha value is -4.68. The molecule has 0 atom stereocenters. The number of benzene rings is 3. The molecular weight excluding hydrogens is 622 g/mol. The van der Waals surface area contributed by atoms with E-state index in [1.165, 1.54) is 0 Å². The van der Waals surface area contributed by atoms with Crippen molar-refractivity contribution in [2.75, 3.05) is 0 Å².